The van der Waals surface area contributed by atoms with Gasteiger partial charge in [0.1, 0.15) is 11.9 Å². The number of carbonyl (C=O) groups excluding carboxylic acids is 1. The number of carbonyl (C=O) groups is 1. The van der Waals surface area contributed by atoms with Gasteiger partial charge in [-0.2, -0.15) is 0 Å². The minimum Gasteiger partial charge on any atom is -0.472 e. The topological polar surface area (TPSA) is 81.3 Å². The second kappa shape index (κ2) is 7.23. The van der Waals surface area contributed by atoms with Gasteiger partial charge in [-0.25, -0.2) is 9.97 Å². The van der Waals surface area contributed by atoms with Crippen molar-refractivity contribution in [2.75, 3.05) is 18.8 Å². The summed E-state index contributed by atoms with van der Waals surface area (Å²) in [6.07, 6.45) is 4.56. The highest BCUT2D eigenvalue weighted by molar-refractivity contribution is 6.33. The molecule has 0 spiro atoms. The lowest BCUT2D eigenvalue weighted by Crippen LogP contribution is -2.44. The van der Waals surface area contributed by atoms with Crippen LogP contribution in [-0.2, 0) is 0 Å². The number of likely N-dealkylation sites (tertiary alicyclic amines) is 1. The molecule has 0 radical (unpaired) electrons. The number of hydrogen-bond acceptors (Lipinski definition) is 5. The first-order chi connectivity index (χ1) is 11.5. The SMILES string of the molecule is Nc1ncc(C(=O)N2CCCC(Oc3ccc(Cl)cn3)C2)cc1Cl. The van der Waals surface area contributed by atoms with Crippen LogP contribution in [-0.4, -0.2) is 40.0 Å². The number of amides is 1. The van der Waals surface area contributed by atoms with E-state index in [1.54, 1.807) is 17.0 Å². The Balaban J connectivity index is 1.67. The van der Waals surface area contributed by atoms with E-state index in [9.17, 15) is 4.79 Å². The van der Waals surface area contributed by atoms with Gasteiger partial charge in [-0.3, -0.25) is 4.79 Å². The van der Waals surface area contributed by atoms with Crippen molar-refractivity contribution in [1.82, 2.24) is 14.9 Å². The number of piperidine rings is 1. The van der Waals surface area contributed by atoms with E-state index in [1.165, 1.54) is 18.5 Å². The van der Waals surface area contributed by atoms with Crippen LogP contribution in [0.5, 0.6) is 5.88 Å². The van der Waals surface area contributed by atoms with Gasteiger partial charge in [0, 0.05) is 25.0 Å². The van der Waals surface area contributed by atoms with E-state index >= 15 is 0 Å². The minimum atomic E-state index is -0.137. The third-order valence-corrected chi connectivity index (χ3v) is 4.30. The summed E-state index contributed by atoms with van der Waals surface area (Å²) in [7, 11) is 0. The van der Waals surface area contributed by atoms with Crippen LogP contribution in [0.4, 0.5) is 5.82 Å². The number of pyridine rings is 2. The molecule has 2 aromatic heterocycles. The molecule has 2 aromatic rings. The molecule has 1 saturated heterocycles. The Labute approximate surface area is 149 Å². The molecule has 2 N–H and O–H groups in total. The molecule has 3 heterocycles. The third kappa shape index (κ3) is 3.88. The van der Waals surface area contributed by atoms with Crippen molar-refractivity contribution in [3.63, 3.8) is 0 Å². The summed E-state index contributed by atoms with van der Waals surface area (Å²) in [5.41, 5.74) is 6.00. The standard InChI is InChI=1S/C16H16Cl2N4O2/c17-11-3-4-14(20-8-11)24-12-2-1-5-22(9-12)16(23)10-6-13(18)15(19)21-7-10/h3-4,6-8,12H,1-2,5,9H2,(H2,19,21). The lowest BCUT2D eigenvalue weighted by Gasteiger charge is -2.32. The molecular weight excluding hydrogens is 351 g/mol. The van der Waals surface area contributed by atoms with Crippen molar-refractivity contribution in [3.8, 4) is 5.88 Å². The first-order valence-corrected chi connectivity index (χ1v) is 8.27. The summed E-state index contributed by atoms with van der Waals surface area (Å²) in [5, 5.41) is 0.826. The minimum absolute atomic E-state index is 0.117. The first kappa shape index (κ1) is 16.8. The molecule has 1 aliphatic rings. The number of nitrogens with zero attached hydrogens (tertiary/aromatic N) is 3. The maximum absolute atomic E-state index is 12.6. The van der Waals surface area contributed by atoms with Gasteiger partial charge in [0.25, 0.3) is 5.91 Å². The van der Waals surface area contributed by atoms with E-state index in [2.05, 4.69) is 9.97 Å². The predicted octanol–water partition coefficient (Wildman–Crippen LogP) is 3.05. The monoisotopic (exact) mass is 366 g/mol. The lowest BCUT2D eigenvalue weighted by atomic mass is 10.1. The van der Waals surface area contributed by atoms with E-state index < -0.39 is 0 Å². The van der Waals surface area contributed by atoms with E-state index in [0.29, 0.717) is 29.6 Å². The predicted molar refractivity (Wildman–Crippen MR) is 92.5 cm³/mol. The molecule has 0 aromatic carbocycles. The summed E-state index contributed by atoms with van der Waals surface area (Å²) >= 11 is 11.8. The number of halogens is 2. The molecule has 0 saturated carbocycles. The van der Waals surface area contributed by atoms with Crippen LogP contribution >= 0.6 is 23.2 Å². The molecule has 126 valence electrons. The van der Waals surface area contributed by atoms with Gasteiger partial charge in [-0.05, 0) is 25.0 Å². The smallest absolute Gasteiger partial charge is 0.255 e. The highest BCUT2D eigenvalue weighted by Gasteiger charge is 2.26. The summed E-state index contributed by atoms with van der Waals surface area (Å²) in [5.74, 6) is 0.569. The molecule has 6 nitrogen and oxygen atoms in total. The second-order valence-corrected chi connectivity index (χ2v) is 6.38. The van der Waals surface area contributed by atoms with Gasteiger partial charge >= 0.3 is 0 Å². The normalized spacial score (nSPS) is 17.6. The van der Waals surface area contributed by atoms with Crippen LogP contribution in [0, 0.1) is 0 Å². The van der Waals surface area contributed by atoms with Crippen LogP contribution in [0.2, 0.25) is 10.0 Å². The van der Waals surface area contributed by atoms with Gasteiger partial charge in [0.15, 0.2) is 0 Å². The third-order valence-electron chi connectivity index (χ3n) is 3.77. The van der Waals surface area contributed by atoms with Crippen LogP contribution in [0.3, 0.4) is 0 Å². The Morgan fingerprint density at radius 2 is 2.12 bits per heavy atom. The maximum atomic E-state index is 12.6. The van der Waals surface area contributed by atoms with E-state index in [1.807, 2.05) is 0 Å². The summed E-state index contributed by atoms with van der Waals surface area (Å²) in [4.78, 5) is 22.4. The fourth-order valence-electron chi connectivity index (χ4n) is 2.57. The van der Waals surface area contributed by atoms with Gasteiger partial charge in [-0.1, -0.05) is 23.2 Å². The zero-order chi connectivity index (χ0) is 17.1. The van der Waals surface area contributed by atoms with Crippen molar-refractivity contribution >= 4 is 34.9 Å². The summed E-state index contributed by atoms with van der Waals surface area (Å²) in [6.45, 7) is 1.14. The largest absolute Gasteiger partial charge is 0.472 e. The van der Waals surface area contributed by atoms with Gasteiger partial charge in [-0.15, -0.1) is 0 Å². The summed E-state index contributed by atoms with van der Waals surface area (Å²) in [6, 6.07) is 4.97. The number of nitrogen functional groups attached to an aromatic ring is 1. The van der Waals surface area contributed by atoms with Gasteiger partial charge in [0.2, 0.25) is 5.88 Å². The number of rotatable bonds is 3. The molecule has 1 fully saturated rings. The number of ether oxygens (including phenoxy) is 1. The van der Waals surface area contributed by atoms with Crippen molar-refractivity contribution in [2.24, 2.45) is 0 Å². The fourth-order valence-corrected chi connectivity index (χ4v) is 2.85. The van der Waals surface area contributed by atoms with Crippen molar-refractivity contribution < 1.29 is 9.53 Å². The molecule has 0 bridgehead atoms. The lowest BCUT2D eigenvalue weighted by molar-refractivity contribution is 0.0527. The zero-order valence-electron chi connectivity index (χ0n) is 12.8. The maximum Gasteiger partial charge on any atom is 0.255 e. The molecular formula is C16H16Cl2N4O2. The Kier molecular flexibility index (Phi) is 5.06. The van der Waals surface area contributed by atoms with E-state index in [4.69, 9.17) is 33.7 Å². The number of hydrogen-bond donors (Lipinski definition) is 1. The van der Waals surface area contributed by atoms with Crippen molar-refractivity contribution in [3.05, 3.63) is 46.2 Å². The van der Waals surface area contributed by atoms with E-state index in [-0.39, 0.29) is 22.9 Å². The highest BCUT2D eigenvalue weighted by Crippen LogP contribution is 2.22. The van der Waals surface area contributed by atoms with Crippen LogP contribution in [0.1, 0.15) is 23.2 Å². The zero-order valence-corrected chi connectivity index (χ0v) is 14.3. The van der Waals surface area contributed by atoms with Gasteiger partial charge in [0.05, 0.1) is 22.2 Å². The molecule has 3 rings (SSSR count). The Bertz CT molecular complexity index is 739. The Morgan fingerprint density at radius 1 is 1.29 bits per heavy atom. The van der Waals surface area contributed by atoms with Crippen molar-refractivity contribution in [2.45, 2.75) is 18.9 Å². The quantitative estimate of drug-likeness (QED) is 0.902. The van der Waals surface area contributed by atoms with Crippen LogP contribution in [0.15, 0.2) is 30.6 Å². The van der Waals surface area contributed by atoms with Crippen LogP contribution in [0.25, 0.3) is 0 Å². The Morgan fingerprint density at radius 3 is 2.83 bits per heavy atom. The molecule has 8 heteroatoms. The fraction of sp³-hybridized carbons (Fsp3) is 0.312. The van der Waals surface area contributed by atoms with Crippen LogP contribution < -0.4 is 10.5 Å². The molecule has 0 aliphatic carbocycles. The average molecular weight is 367 g/mol. The molecule has 1 aliphatic heterocycles. The Hall–Kier alpha value is -2.05. The molecule has 1 atom stereocenters. The highest BCUT2D eigenvalue weighted by atomic mass is 35.5. The van der Waals surface area contributed by atoms with Gasteiger partial charge < -0.3 is 15.4 Å². The van der Waals surface area contributed by atoms with E-state index in [0.717, 1.165) is 12.8 Å². The molecule has 24 heavy (non-hydrogen) atoms. The number of anilines is 1. The first-order valence-electron chi connectivity index (χ1n) is 7.51. The average Bonchev–Trinajstić information content (AvgIpc) is 2.59. The van der Waals surface area contributed by atoms with Crippen molar-refractivity contribution in [1.29, 1.82) is 0 Å². The second-order valence-electron chi connectivity index (χ2n) is 5.54. The molecule has 1 unspecified atom stereocenters. The summed E-state index contributed by atoms with van der Waals surface area (Å²) < 4.78 is 5.84. The number of nitrogens with two attached hydrogens (primary N) is 1. The molecule has 1 amide bonds. The number of aromatic nitrogens is 2.